The summed E-state index contributed by atoms with van der Waals surface area (Å²) in [7, 11) is 0. The zero-order chi connectivity index (χ0) is 8.93. The van der Waals surface area contributed by atoms with Crippen molar-refractivity contribution in [2.24, 2.45) is 0 Å². The molecule has 0 aliphatic heterocycles. The maximum atomic E-state index is 5.78. The second kappa shape index (κ2) is 4.43. The number of rotatable bonds is 3. The highest BCUT2D eigenvalue weighted by Gasteiger charge is 2.10. The molecule has 13 heavy (non-hydrogen) atoms. The normalized spacial score (nSPS) is 22.3. The second-order valence-electron chi connectivity index (χ2n) is 3.67. The van der Waals surface area contributed by atoms with Gasteiger partial charge in [-0.1, -0.05) is 30.4 Å². The highest BCUT2D eigenvalue weighted by molar-refractivity contribution is 5.17. The molecule has 0 saturated carbocycles. The first-order valence-electron chi connectivity index (χ1n) is 5.06. The Labute approximate surface area is 79.8 Å². The molecule has 2 aliphatic rings. The fraction of sp³-hybridized carbons (Fsp3) is 0.500. The highest BCUT2D eigenvalue weighted by Crippen LogP contribution is 2.17. The summed E-state index contributed by atoms with van der Waals surface area (Å²) in [5, 5.41) is 0. The van der Waals surface area contributed by atoms with Gasteiger partial charge in [0, 0.05) is 0 Å². The van der Waals surface area contributed by atoms with E-state index in [1.165, 1.54) is 18.4 Å². The van der Waals surface area contributed by atoms with Gasteiger partial charge in [-0.2, -0.15) is 0 Å². The predicted octanol–water partition coefficient (Wildman–Crippen LogP) is 3.00. The molecule has 0 fully saturated rings. The largest absolute Gasteiger partial charge is 0.373 e. The van der Waals surface area contributed by atoms with Gasteiger partial charge in [0.25, 0.3) is 0 Å². The lowest BCUT2D eigenvalue weighted by atomic mass is 10.1. The zero-order valence-electron chi connectivity index (χ0n) is 7.91. The Bertz CT molecular complexity index is 240. The summed E-state index contributed by atoms with van der Waals surface area (Å²) >= 11 is 0. The molecule has 0 aromatic rings. The third-order valence-electron chi connectivity index (χ3n) is 2.57. The van der Waals surface area contributed by atoms with Crippen LogP contribution >= 0.6 is 0 Å². The molecule has 2 rings (SSSR count). The summed E-state index contributed by atoms with van der Waals surface area (Å²) in [5.41, 5.74) is 1.44. The molecule has 0 amide bonds. The molecule has 0 bridgehead atoms. The van der Waals surface area contributed by atoms with Crippen LogP contribution in [0.1, 0.15) is 25.7 Å². The van der Waals surface area contributed by atoms with Crippen LogP contribution in [0.5, 0.6) is 0 Å². The van der Waals surface area contributed by atoms with Crippen molar-refractivity contribution in [3.05, 3.63) is 36.0 Å². The minimum absolute atomic E-state index is 0.451. The van der Waals surface area contributed by atoms with Gasteiger partial charge in [-0.3, -0.25) is 0 Å². The minimum atomic E-state index is 0.451. The molecule has 0 spiro atoms. The Morgan fingerprint density at radius 3 is 2.77 bits per heavy atom. The van der Waals surface area contributed by atoms with Crippen LogP contribution in [0.25, 0.3) is 0 Å². The Balaban J connectivity index is 1.72. The monoisotopic (exact) mass is 176 g/mol. The van der Waals surface area contributed by atoms with Crippen molar-refractivity contribution in [1.29, 1.82) is 0 Å². The Morgan fingerprint density at radius 2 is 2.08 bits per heavy atom. The van der Waals surface area contributed by atoms with E-state index in [1.54, 1.807) is 0 Å². The van der Waals surface area contributed by atoms with Crippen molar-refractivity contribution in [2.45, 2.75) is 31.8 Å². The van der Waals surface area contributed by atoms with Crippen LogP contribution in [0.3, 0.4) is 0 Å². The molecular weight excluding hydrogens is 160 g/mol. The average molecular weight is 176 g/mol. The van der Waals surface area contributed by atoms with E-state index in [1.807, 2.05) is 0 Å². The van der Waals surface area contributed by atoms with Gasteiger partial charge in [0.15, 0.2) is 0 Å². The lowest BCUT2D eigenvalue weighted by Gasteiger charge is -2.14. The Kier molecular flexibility index (Phi) is 2.98. The van der Waals surface area contributed by atoms with Gasteiger partial charge in [0.05, 0.1) is 12.7 Å². The van der Waals surface area contributed by atoms with Gasteiger partial charge in [-0.25, -0.2) is 0 Å². The maximum Gasteiger partial charge on any atom is 0.0684 e. The quantitative estimate of drug-likeness (QED) is 0.601. The minimum Gasteiger partial charge on any atom is -0.373 e. The standard InChI is InChI=1S/C12H16O/c1-2-6-11(7-3-1)10-13-12-8-4-5-9-12/h1-2,4-6,12H,3,7-10H2. The molecule has 2 aliphatic carbocycles. The summed E-state index contributed by atoms with van der Waals surface area (Å²) in [6, 6.07) is 0. The predicted molar refractivity (Wildman–Crippen MR) is 54.6 cm³/mol. The average Bonchev–Trinajstić information content (AvgIpc) is 2.69. The summed E-state index contributed by atoms with van der Waals surface area (Å²) < 4.78 is 5.78. The van der Waals surface area contributed by atoms with Gasteiger partial charge in [0.2, 0.25) is 0 Å². The van der Waals surface area contributed by atoms with Crippen LogP contribution in [-0.2, 0) is 4.74 Å². The van der Waals surface area contributed by atoms with E-state index in [2.05, 4.69) is 30.4 Å². The molecule has 0 unspecified atom stereocenters. The molecular formula is C12H16O. The molecule has 70 valence electrons. The molecule has 0 heterocycles. The fourth-order valence-corrected chi connectivity index (χ4v) is 1.73. The SMILES string of the molecule is C1=CCCC(COC2CC=CC2)=C1. The summed E-state index contributed by atoms with van der Waals surface area (Å²) in [5.74, 6) is 0. The van der Waals surface area contributed by atoms with Crippen molar-refractivity contribution in [3.8, 4) is 0 Å². The smallest absolute Gasteiger partial charge is 0.0684 e. The summed E-state index contributed by atoms with van der Waals surface area (Å²) in [6.45, 7) is 0.830. The van der Waals surface area contributed by atoms with Crippen LogP contribution in [0, 0.1) is 0 Å². The Hall–Kier alpha value is -0.820. The molecule has 1 nitrogen and oxygen atoms in total. The highest BCUT2D eigenvalue weighted by atomic mass is 16.5. The van der Waals surface area contributed by atoms with Crippen molar-refractivity contribution in [3.63, 3.8) is 0 Å². The molecule has 0 atom stereocenters. The van der Waals surface area contributed by atoms with Crippen molar-refractivity contribution in [1.82, 2.24) is 0 Å². The number of hydrogen-bond acceptors (Lipinski definition) is 1. The molecule has 0 radical (unpaired) electrons. The van der Waals surface area contributed by atoms with E-state index in [4.69, 9.17) is 4.74 Å². The molecule has 0 aromatic heterocycles. The number of hydrogen-bond donors (Lipinski definition) is 0. The van der Waals surface area contributed by atoms with Gasteiger partial charge in [-0.05, 0) is 31.3 Å². The van der Waals surface area contributed by atoms with E-state index in [-0.39, 0.29) is 0 Å². The first-order chi connectivity index (χ1) is 6.45. The van der Waals surface area contributed by atoms with Crippen LogP contribution in [0.2, 0.25) is 0 Å². The molecule has 0 saturated heterocycles. The third kappa shape index (κ3) is 2.56. The molecule has 1 heteroatoms. The summed E-state index contributed by atoms with van der Waals surface area (Å²) in [6.07, 6.45) is 16.0. The number of ether oxygens (including phenoxy) is 1. The molecule has 0 N–H and O–H groups in total. The van der Waals surface area contributed by atoms with E-state index in [0.717, 1.165) is 19.4 Å². The Morgan fingerprint density at radius 1 is 1.23 bits per heavy atom. The lowest BCUT2D eigenvalue weighted by Crippen LogP contribution is -2.10. The first-order valence-corrected chi connectivity index (χ1v) is 5.06. The van der Waals surface area contributed by atoms with Crippen molar-refractivity contribution in [2.75, 3.05) is 6.61 Å². The van der Waals surface area contributed by atoms with Crippen LogP contribution in [0.15, 0.2) is 36.0 Å². The van der Waals surface area contributed by atoms with Crippen LogP contribution in [0.4, 0.5) is 0 Å². The van der Waals surface area contributed by atoms with E-state index in [9.17, 15) is 0 Å². The third-order valence-corrected chi connectivity index (χ3v) is 2.57. The topological polar surface area (TPSA) is 9.23 Å². The van der Waals surface area contributed by atoms with Crippen LogP contribution in [-0.4, -0.2) is 12.7 Å². The number of allylic oxidation sites excluding steroid dienone is 3. The van der Waals surface area contributed by atoms with E-state index in [0.29, 0.717) is 6.10 Å². The lowest BCUT2D eigenvalue weighted by molar-refractivity contribution is 0.0781. The van der Waals surface area contributed by atoms with Gasteiger partial charge in [-0.15, -0.1) is 0 Å². The maximum absolute atomic E-state index is 5.78. The zero-order valence-corrected chi connectivity index (χ0v) is 7.91. The van der Waals surface area contributed by atoms with Crippen LogP contribution < -0.4 is 0 Å². The molecule has 0 aromatic carbocycles. The first kappa shape index (κ1) is 8.76. The van der Waals surface area contributed by atoms with E-state index < -0.39 is 0 Å². The van der Waals surface area contributed by atoms with Crippen molar-refractivity contribution >= 4 is 0 Å². The van der Waals surface area contributed by atoms with Crippen molar-refractivity contribution < 1.29 is 4.74 Å². The summed E-state index contributed by atoms with van der Waals surface area (Å²) in [4.78, 5) is 0. The van der Waals surface area contributed by atoms with Gasteiger partial charge >= 0.3 is 0 Å². The fourth-order valence-electron chi connectivity index (χ4n) is 1.73. The van der Waals surface area contributed by atoms with Gasteiger partial charge in [0.1, 0.15) is 0 Å². The van der Waals surface area contributed by atoms with Gasteiger partial charge < -0.3 is 4.74 Å². The second-order valence-corrected chi connectivity index (χ2v) is 3.67. The van der Waals surface area contributed by atoms with E-state index >= 15 is 0 Å².